The first-order valence-corrected chi connectivity index (χ1v) is 8.99. The van der Waals surface area contributed by atoms with Gasteiger partial charge in [-0.15, -0.1) is 4.91 Å². The molecule has 0 saturated carbocycles. The molecule has 140 valence electrons. The maximum atomic E-state index is 12.9. The molecule has 6 nitrogen and oxygen atoms in total. The molecular weight excluding hydrogens is 344 g/mol. The smallest absolute Gasteiger partial charge is 0.293 e. The summed E-state index contributed by atoms with van der Waals surface area (Å²) in [6, 6.07) is 11.0. The molecule has 0 aliphatic carbocycles. The van der Waals surface area contributed by atoms with Crippen molar-refractivity contribution in [2.75, 3.05) is 12.0 Å². The first kappa shape index (κ1) is 18.8. The molecule has 0 fully saturated rings. The van der Waals surface area contributed by atoms with E-state index in [1.165, 1.54) is 0 Å². The lowest BCUT2D eigenvalue weighted by atomic mass is 10.0. The molecule has 1 aliphatic heterocycles. The third-order valence-electron chi connectivity index (χ3n) is 4.99. The molecule has 0 saturated heterocycles. The van der Waals surface area contributed by atoms with Crippen LogP contribution in [0.2, 0.25) is 0 Å². The van der Waals surface area contributed by atoms with E-state index in [-0.39, 0.29) is 5.91 Å². The minimum absolute atomic E-state index is 0.0450. The van der Waals surface area contributed by atoms with E-state index in [4.69, 9.17) is 4.74 Å². The minimum Gasteiger partial charge on any atom is -0.496 e. The maximum Gasteiger partial charge on any atom is 0.293 e. The molecule has 1 unspecified atom stereocenters. The van der Waals surface area contributed by atoms with Crippen molar-refractivity contribution >= 4 is 17.5 Å². The maximum absolute atomic E-state index is 12.9. The zero-order valence-electron chi connectivity index (χ0n) is 15.7. The summed E-state index contributed by atoms with van der Waals surface area (Å²) in [7, 11) is 1.64. The van der Waals surface area contributed by atoms with Crippen molar-refractivity contribution in [1.29, 1.82) is 0 Å². The standard InChI is InChI=1S/C21H22N2O4/c1-4-5-15-10-18-16(11-19(15)27-3)12-23(21(18)25)17-8-6-14(7-9-17)13(2)20(24)22-26/h6-11,13H,4-5,12H2,1-3H3. The summed E-state index contributed by atoms with van der Waals surface area (Å²) in [5.74, 6) is -0.530. The highest BCUT2D eigenvalue weighted by Gasteiger charge is 2.30. The number of nitrogens with zero attached hydrogens (tertiary/aromatic N) is 2. The van der Waals surface area contributed by atoms with E-state index in [1.54, 1.807) is 43.2 Å². The summed E-state index contributed by atoms with van der Waals surface area (Å²) in [5.41, 5.74) is 4.12. The number of benzene rings is 2. The summed E-state index contributed by atoms with van der Waals surface area (Å²) in [6.45, 7) is 4.20. The van der Waals surface area contributed by atoms with Gasteiger partial charge in [0.1, 0.15) is 5.75 Å². The molecule has 0 N–H and O–H groups in total. The number of anilines is 1. The van der Waals surface area contributed by atoms with E-state index in [1.807, 2.05) is 12.1 Å². The van der Waals surface area contributed by atoms with Crippen LogP contribution in [0.3, 0.4) is 0 Å². The van der Waals surface area contributed by atoms with E-state index in [0.717, 1.165) is 35.4 Å². The summed E-state index contributed by atoms with van der Waals surface area (Å²) in [5, 5.41) is 2.48. The molecule has 3 rings (SSSR count). The molecule has 1 aliphatic rings. The fourth-order valence-corrected chi connectivity index (χ4v) is 3.41. The SMILES string of the molecule is CCCc1cc2c(cc1OC)CN(c1ccc(C(C)C(=O)N=O)cc1)C2=O. The number of hydrogen-bond acceptors (Lipinski definition) is 4. The molecule has 1 atom stereocenters. The number of carbonyl (C=O) groups excluding carboxylic acids is 2. The fraction of sp³-hybridized carbons (Fsp3) is 0.333. The van der Waals surface area contributed by atoms with Crippen LogP contribution in [0.1, 0.15) is 53.2 Å². The summed E-state index contributed by atoms with van der Waals surface area (Å²) >= 11 is 0. The number of ether oxygens (including phenoxy) is 1. The van der Waals surface area contributed by atoms with Crippen molar-refractivity contribution in [3.8, 4) is 5.75 Å². The van der Waals surface area contributed by atoms with Crippen LogP contribution in [0.4, 0.5) is 5.69 Å². The van der Waals surface area contributed by atoms with Gasteiger partial charge in [0, 0.05) is 16.4 Å². The normalized spacial score (nSPS) is 14.0. The molecule has 0 aromatic heterocycles. The Morgan fingerprint density at radius 1 is 1.26 bits per heavy atom. The van der Waals surface area contributed by atoms with Gasteiger partial charge in [-0.05, 0) is 54.3 Å². The van der Waals surface area contributed by atoms with Gasteiger partial charge in [-0.1, -0.05) is 25.5 Å². The molecular formula is C21H22N2O4. The van der Waals surface area contributed by atoms with Gasteiger partial charge in [-0.3, -0.25) is 9.59 Å². The Morgan fingerprint density at radius 3 is 2.56 bits per heavy atom. The Bertz CT molecular complexity index is 890. The third-order valence-corrected chi connectivity index (χ3v) is 4.99. The molecule has 6 heteroatoms. The van der Waals surface area contributed by atoms with E-state index in [9.17, 15) is 14.5 Å². The predicted molar refractivity (Wildman–Crippen MR) is 103 cm³/mol. The second-order valence-corrected chi connectivity index (χ2v) is 6.71. The third kappa shape index (κ3) is 3.47. The Kier molecular flexibility index (Phi) is 5.35. The highest BCUT2D eigenvalue weighted by Crippen LogP contribution is 2.34. The average Bonchev–Trinajstić information content (AvgIpc) is 3.02. The minimum atomic E-state index is -0.706. The van der Waals surface area contributed by atoms with E-state index >= 15 is 0 Å². The quantitative estimate of drug-likeness (QED) is 0.718. The van der Waals surface area contributed by atoms with Crippen LogP contribution in [-0.2, 0) is 17.8 Å². The van der Waals surface area contributed by atoms with Crippen molar-refractivity contribution in [3.05, 3.63) is 63.6 Å². The van der Waals surface area contributed by atoms with Gasteiger partial charge < -0.3 is 9.64 Å². The Balaban J connectivity index is 1.87. The molecule has 2 amide bonds. The molecule has 2 aromatic carbocycles. The lowest BCUT2D eigenvalue weighted by Crippen LogP contribution is -2.23. The number of methoxy groups -OCH3 is 1. The molecule has 0 radical (unpaired) electrons. The monoisotopic (exact) mass is 366 g/mol. The number of carbonyl (C=O) groups is 2. The second-order valence-electron chi connectivity index (χ2n) is 6.71. The van der Waals surface area contributed by atoms with Crippen molar-refractivity contribution in [2.24, 2.45) is 5.18 Å². The number of fused-ring (bicyclic) bond motifs is 1. The van der Waals surface area contributed by atoms with Gasteiger partial charge in [0.25, 0.3) is 11.8 Å². The molecule has 27 heavy (non-hydrogen) atoms. The lowest BCUT2D eigenvalue weighted by molar-refractivity contribution is -0.119. The number of nitroso groups, excluding NO2 is 1. The van der Waals surface area contributed by atoms with Gasteiger partial charge in [0.15, 0.2) is 0 Å². The van der Waals surface area contributed by atoms with E-state index in [0.29, 0.717) is 17.7 Å². The Hall–Kier alpha value is -3.02. The zero-order chi connectivity index (χ0) is 19.6. The zero-order valence-corrected chi connectivity index (χ0v) is 15.7. The van der Waals surface area contributed by atoms with Crippen LogP contribution in [0, 0.1) is 4.91 Å². The van der Waals surface area contributed by atoms with Crippen LogP contribution in [0.25, 0.3) is 0 Å². The summed E-state index contributed by atoms with van der Waals surface area (Å²) in [6.07, 6.45) is 1.83. The molecule has 2 aromatic rings. The molecule has 0 spiro atoms. The lowest BCUT2D eigenvalue weighted by Gasteiger charge is -2.16. The highest BCUT2D eigenvalue weighted by molar-refractivity contribution is 6.10. The van der Waals surface area contributed by atoms with Crippen LogP contribution in [0.15, 0.2) is 41.6 Å². The highest BCUT2D eigenvalue weighted by atomic mass is 16.5. The number of amides is 2. The van der Waals surface area contributed by atoms with Crippen molar-refractivity contribution in [3.63, 3.8) is 0 Å². The predicted octanol–water partition coefficient (Wildman–Crippen LogP) is 4.20. The van der Waals surface area contributed by atoms with Gasteiger partial charge >= 0.3 is 0 Å². The Morgan fingerprint density at radius 2 is 1.96 bits per heavy atom. The van der Waals surface area contributed by atoms with Gasteiger partial charge in [0.2, 0.25) is 0 Å². The summed E-state index contributed by atoms with van der Waals surface area (Å²) in [4.78, 5) is 36.5. The van der Waals surface area contributed by atoms with Gasteiger partial charge in [0.05, 0.1) is 19.6 Å². The van der Waals surface area contributed by atoms with Crippen LogP contribution in [-0.4, -0.2) is 18.9 Å². The average molecular weight is 366 g/mol. The second kappa shape index (κ2) is 7.70. The number of aryl methyl sites for hydroxylation is 1. The first-order valence-electron chi connectivity index (χ1n) is 8.99. The van der Waals surface area contributed by atoms with Crippen molar-refractivity contribution in [2.45, 2.75) is 39.2 Å². The van der Waals surface area contributed by atoms with Crippen LogP contribution >= 0.6 is 0 Å². The van der Waals surface area contributed by atoms with E-state index < -0.39 is 11.8 Å². The fourth-order valence-electron chi connectivity index (χ4n) is 3.41. The number of hydrogen-bond donors (Lipinski definition) is 0. The molecule has 0 bridgehead atoms. The molecule has 1 heterocycles. The summed E-state index contributed by atoms with van der Waals surface area (Å²) < 4.78 is 5.48. The Labute approximate surface area is 158 Å². The van der Waals surface area contributed by atoms with Gasteiger partial charge in [-0.25, -0.2) is 0 Å². The van der Waals surface area contributed by atoms with Crippen molar-refractivity contribution in [1.82, 2.24) is 0 Å². The number of rotatable bonds is 6. The van der Waals surface area contributed by atoms with E-state index in [2.05, 4.69) is 12.1 Å². The van der Waals surface area contributed by atoms with Crippen LogP contribution < -0.4 is 9.64 Å². The topological polar surface area (TPSA) is 76.0 Å². The van der Waals surface area contributed by atoms with Gasteiger partial charge in [-0.2, -0.15) is 0 Å². The van der Waals surface area contributed by atoms with Crippen LogP contribution in [0.5, 0.6) is 5.75 Å². The largest absolute Gasteiger partial charge is 0.496 e. The first-order chi connectivity index (χ1) is 13.0. The van der Waals surface area contributed by atoms with Crippen molar-refractivity contribution < 1.29 is 14.3 Å².